The second-order valence-electron chi connectivity index (χ2n) is 8.18. The molecule has 0 saturated carbocycles. The molecule has 7 nitrogen and oxygen atoms in total. The van der Waals surface area contributed by atoms with Crippen LogP contribution in [0.15, 0.2) is 48.5 Å². The minimum atomic E-state index is -0.745. The highest BCUT2D eigenvalue weighted by Crippen LogP contribution is 2.21. The van der Waals surface area contributed by atoms with E-state index in [1.807, 2.05) is 17.1 Å². The van der Waals surface area contributed by atoms with Crippen LogP contribution in [0.3, 0.4) is 0 Å². The van der Waals surface area contributed by atoms with Gasteiger partial charge in [-0.1, -0.05) is 29.3 Å². The van der Waals surface area contributed by atoms with Crippen molar-refractivity contribution >= 4 is 40.0 Å². The van der Waals surface area contributed by atoms with E-state index in [0.717, 1.165) is 18.2 Å². The Kier molecular flexibility index (Phi) is 8.18. The third kappa shape index (κ3) is 6.55. The number of ether oxygens (including phenoxy) is 1. The second-order valence-corrected chi connectivity index (χ2v) is 9.03. The Morgan fingerprint density at radius 1 is 1.18 bits per heavy atom. The van der Waals surface area contributed by atoms with Crippen LogP contribution in [-0.4, -0.2) is 59.4 Å². The summed E-state index contributed by atoms with van der Waals surface area (Å²) in [7, 11) is 0. The molecule has 1 aliphatic rings. The minimum Gasteiger partial charge on any atom is -0.491 e. The van der Waals surface area contributed by atoms with Crippen LogP contribution in [0.1, 0.15) is 23.3 Å². The number of halogens is 3. The maximum Gasteiger partial charge on any atom is 0.284 e. The zero-order valence-corrected chi connectivity index (χ0v) is 19.8. The Morgan fingerprint density at radius 2 is 1.97 bits per heavy atom. The van der Waals surface area contributed by atoms with Crippen LogP contribution in [0.4, 0.5) is 4.39 Å². The van der Waals surface area contributed by atoms with Gasteiger partial charge in [-0.05, 0) is 49.2 Å². The lowest BCUT2D eigenvalue weighted by atomic mass is 10.1. The summed E-state index contributed by atoms with van der Waals surface area (Å²) in [5.41, 5.74) is 3.97. The van der Waals surface area contributed by atoms with E-state index in [2.05, 4.69) is 15.7 Å². The quantitative estimate of drug-likeness (QED) is 0.430. The first-order valence-corrected chi connectivity index (χ1v) is 11.7. The van der Waals surface area contributed by atoms with Crippen molar-refractivity contribution in [1.29, 1.82) is 0 Å². The molecule has 0 radical (unpaired) electrons. The molecule has 34 heavy (non-hydrogen) atoms. The molecule has 1 saturated heterocycles. The number of nitrogens with one attached hydrogen (secondary N) is 2. The maximum absolute atomic E-state index is 13.5. The number of amides is 1. The zero-order valence-electron chi connectivity index (χ0n) is 18.3. The fraction of sp³-hybridized carbons (Fsp3) is 0.333. The number of hydrogen-bond donors (Lipinski definition) is 3. The van der Waals surface area contributed by atoms with Gasteiger partial charge in [-0.15, -0.1) is 0 Å². The minimum absolute atomic E-state index is 0.0241. The molecule has 10 heteroatoms. The largest absolute Gasteiger partial charge is 0.491 e. The van der Waals surface area contributed by atoms with E-state index < -0.39 is 11.9 Å². The van der Waals surface area contributed by atoms with Gasteiger partial charge < -0.3 is 15.2 Å². The number of pyridine rings is 1. The van der Waals surface area contributed by atoms with Crippen LogP contribution in [-0.2, 0) is 0 Å². The van der Waals surface area contributed by atoms with Gasteiger partial charge in [0, 0.05) is 42.2 Å². The van der Waals surface area contributed by atoms with E-state index >= 15 is 0 Å². The first-order chi connectivity index (χ1) is 16.4. The second kappa shape index (κ2) is 11.3. The first kappa shape index (κ1) is 24.6. The molecule has 0 aliphatic carbocycles. The average molecular weight is 507 g/mol. The van der Waals surface area contributed by atoms with Crippen molar-refractivity contribution in [3.63, 3.8) is 0 Å². The molecule has 1 aliphatic heterocycles. The SMILES string of the molecule is O=C(NN1CCC(NC[C@H](O)COc2ccc(Cl)c(F)c2)CC1)c1ccc2cc(Cl)ccc2n1. The van der Waals surface area contributed by atoms with E-state index in [4.69, 9.17) is 27.9 Å². The Balaban J connectivity index is 1.18. The lowest BCUT2D eigenvalue weighted by Gasteiger charge is -2.32. The number of rotatable bonds is 8. The van der Waals surface area contributed by atoms with Crippen molar-refractivity contribution in [3.05, 3.63) is 70.1 Å². The number of aliphatic hydroxyl groups excluding tert-OH is 1. The summed E-state index contributed by atoms with van der Waals surface area (Å²) in [6.07, 6.45) is 0.866. The monoisotopic (exact) mass is 506 g/mol. The third-order valence-corrected chi connectivity index (χ3v) is 6.16. The lowest BCUT2D eigenvalue weighted by Crippen LogP contribution is -2.51. The van der Waals surface area contributed by atoms with E-state index in [0.29, 0.717) is 41.6 Å². The molecule has 0 spiro atoms. The highest BCUT2D eigenvalue weighted by molar-refractivity contribution is 6.31. The Morgan fingerprint density at radius 3 is 2.74 bits per heavy atom. The van der Waals surface area contributed by atoms with Gasteiger partial charge in [0.1, 0.15) is 30.0 Å². The molecule has 1 fully saturated rings. The summed E-state index contributed by atoms with van der Waals surface area (Å²) in [6.45, 7) is 1.72. The molecule has 0 unspecified atom stereocenters. The predicted molar refractivity (Wildman–Crippen MR) is 130 cm³/mol. The molecule has 1 amide bonds. The number of carbonyl (C=O) groups excluding carboxylic acids is 1. The number of benzene rings is 2. The van der Waals surface area contributed by atoms with Crippen molar-refractivity contribution in [2.24, 2.45) is 0 Å². The van der Waals surface area contributed by atoms with Gasteiger partial charge in [0.25, 0.3) is 5.91 Å². The Bertz CT molecular complexity index is 1160. The summed E-state index contributed by atoms with van der Waals surface area (Å²) >= 11 is 11.6. The van der Waals surface area contributed by atoms with Crippen molar-refractivity contribution in [1.82, 2.24) is 20.7 Å². The van der Waals surface area contributed by atoms with Gasteiger partial charge in [0.15, 0.2) is 0 Å². The molecule has 3 N–H and O–H groups in total. The van der Waals surface area contributed by atoms with E-state index in [1.165, 1.54) is 12.1 Å². The molecular weight excluding hydrogens is 482 g/mol. The van der Waals surface area contributed by atoms with Crippen LogP contribution >= 0.6 is 23.2 Å². The number of aliphatic hydroxyl groups is 1. The smallest absolute Gasteiger partial charge is 0.284 e. The summed E-state index contributed by atoms with van der Waals surface area (Å²) in [4.78, 5) is 17.0. The van der Waals surface area contributed by atoms with Gasteiger partial charge in [-0.25, -0.2) is 14.4 Å². The summed E-state index contributed by atoms with van der Waals surface area (Å²) < 4.78 is 18.9. The van der Waals surface area contributed by atoms with Gasteiger partial charge in [0.2, 0.25) is 0 Å². The lowest BCUT2D eigenvalue weighted by molar-refractivity contribution is 0.0693. The molecule has 180 valence electrons. The number of hydrogen-bond acceptors (Lipinski definition) is 6. The van der Waals surface area contributed by atoms with Crippen molar-refractivity contribution in [2.45, 2.75) is 25.0 Å². The maximum atomic E-state index is 13.5. The molecule has 4 rings (SSSR count). The van der Waals surface area contributed by atoms with Gasteiger partial charge in [-0.3, -0.25) is 10.2 Å². The fourth-order valence-electron chi connectivity index (χ4n) is 3.74. The highest BCUT2D eigenvalue weighted by atomic mass is 35.5. The predicted octanol–water partition coefficient (Wildman–Crippen LogP) is 3.82. The molecule has 2 heterocycles. The molecule has 1 atom stereocenters. The summed E-state index contributed by atoms with van der Waals surface area (Å²) in [6, 6.07) is 13.2. The molecule has 0 bridgehead atoms. The van der Waals surface area contributed by atoms with Crippen LogP contribution in [0.2, 0.25) is 10.0 Å². The van der Waals surface area contributed by atoms with E-state index in [-0.39, 0.29) is 23.6 Å². The van der Waals surface area contributed by atoms with Crippen LogP contribution < -0.4 is 15.5 Å². The van der Waals surface area contributed by atoms with Crippen molar-refractivity contribution in [2.75, 3.05) is 26.2 Å². The van der Waals surface area contributed by atoms with Crippen LogP contribution in [0.25, 0.3) is 10.9 Å². The summed E-state index contributed by atoms with van der Waals surface area (Å²) in [5.74, 6) is -0.504. The summed E-state index contributed by atoms with van der Waals surface area (Å²) in [5, 5.41) is 16.9. The van der Waals surface area contributed by atoms with Crippen LogP contribution in [0, 0.1) is 5.82 Å². The van der Waals surface area contributed by atoms with Gasteiger partial charge in [0.05, 0.1) is 10.5 Å². The third-order valence-electron chi connectivity index (χ3n) is 5.61. The number of aromatic nitrogens is 1. The van der Waals surface area contributed by atoms with Crippen molar-refractivity contribution < 1.29 is 19.0 Å². The normalized spacial score (nSPS) is 15.9. The van der Waals surface area contributed by atoms with E-state index in [1.54, 1.807) is 24.3 Å². The number of fused-ring (bicyclic) bond motifs is 1. The van der Waals surface area contributed by atoms with Crippen LogP contribution in [0.5, 0.6) is 5.75 Å². The highest BCUT2D eigenvalue weighted by Gasteiger charge is 2.22. The Labute approximate surface area is 206 Å². The standard InChI is InChI=1S/C24H25Cl2FN4O3/c25-16-2-6-22-15(11-16)1-5-23(29-22)24(33)30-31-9-7-17(8-10-31)28-13-18(32)14-34-19-3-4-20(26)21(27)12-19/h1-6,11-12,17-18,28,32H,7-10,13-14H2,(H,30,33)/t18-/m0/s1. The molecule has 3 aromatic rings. The molecular formula is C24H25Cl2FN4O3. The Hall–Kier alpha value is -2.49. The van der Waals surface area contributed by atoms with Gasteiger partial charge in [-0.2, -0.15) is 0 Å². The number of nitrogens with zero attached hydrogens (tertiary/aromatic N) is 2. The van der Waals surface area contributed by atoms with Gasteiger partial charge >= 0.3 is 0 Å². The first-order valence-electron chi connectivity index (χ1n) is 11.0. The average Bonchev–Trinajstić information content (AvgIpc) is 2.84. The molecule has 1 aromatic heterocycles. The fourth-order valence-corrected chi connectivity index (χ4v) is 4.04. The number of hydrazine groups is 1. The number of piperidine rings is 1. The molecule has 2 aromatic carbocycles. The number of carbonyl (C=O) groups is 1. The zero-order chi connectivity index (χ0) is 24.1. The van der Waals surface area contributed by atoms with Crippen molar-refractivity contribution in [3.8, 4) is 5.75 Å². The van der Waals surface area contributed by atoms with E-state index in [9.17, 15) is 14.3 Å². The topological polar surface area (TPSA) is 86.7 Å².